The summed E-state index contributed by atoms with van der Waals surface area (Å²) in [7, 11) is 0. The summed E-state index contributed by atoms with van der Waals surface area (Å²) in [6, 6.07) is 3.46. The van der Waals surface area contributed by atoms with Crippen LogP contribution in [0.25, 0.3) is 0 Å². The van der Waals surface area contributed by atoms with E-state index >= 15 is 0 Å². The van der Waals surface area contributed by atoms with Gasteiger partial charge in [0.1, 0.15) is 6.04 Å². The normalized spacial score (nSPS) is 19.5. The number of rotatable bonds is 4. The second-order valence-electron chi connectivity index (χ2n) is 4.65. The molecule has 1 saturated heterocycles. The van der Waals surface area contributed by atoms with E-state index in [-0.39, 0.29) is 18.1 Å². The molecule has 98 valence electrons. The number of carbonyl (C=O) groups excluding carboxylic acids is 1. The second kappa shape index (κ2) is 5.71. The Kier molecular flexibility index (Phi) is 4.02. The van der Waals surface area contributed by atoms with Crippen LogP contribution in [0.4, 0.5) is 5.82 Å². The van der Waals surface area contributed by atoms with Crippen LogP contribution < -0.4 is 15.4 Å². The summed E-state index contributed by atoms with van der Waals surface area (Å²) in [5.74, 6) is 1.35. The molecule has 0 spiro atoms. The van der Waals surface area contributed by atoms with Gasteiger partial charge < -0.3 is 15.4 Å². The molecule has 1 atom stereocenters. The van der Waals surface area contributed by atoms with Crippen LogP contribution in [0.3, 0.4) is 0 Å². The van der Waals surface area contributed by atoms with E-state index in [1.165, 1.54) is 0 Å². The molecule has 2 N–H and O–H groups in total. The third-order valence-corrected chi connectivity index (χ3v) is 2.73. The number of nitrogens with zero attached hydrogens (tertiary/aromatic N) is 1. The first-order valence-corrected chi connectivity index (χ1v) is 6.32. The summed E-state index contributed by atoms with van der Waals surface area (Å²) in [5, 5.41) is 6.00. The van der Waals surface area contributed by atoms with Crippen LogP contribution in [-0.4, -0.2) is 29.6 Å². The molecule has 5 nitrogen and oxygen atoms in total. The molecule has 0 bridgehead atoms. The van der Waals surface area contributed by atoms with Crippen molar-refractivity contribution in [2.45, 2.75) is 38.8 Å². The molecule has 1 fully saturated rings. The third-order valence-electron chi connectivity index (χ3n) is 2.73. The summed E-state index contributed by atoms with van der Waals surface area (Å²) in [5.41, 5.74) is 0. The quantitative estimate of drug-likeness (QED) is 0.850. The van der Waals surface area contributed by atoms with E-state index in [1.54, 1.807) is 6.20 Å². The minimum Gasteiger partial charge on any atom is -0.487 e. The molecule has 1 unspecified atom stereocenters. The van der Waals surface area contributed by atoms with Crippen LogP contribution in [0.15, 0.2) is 18.3 Å². The maximum absolute atomic E-state index is 11.7. The number of hydrogen-bond donors (Lipinski definition) is 2. The zero-order valence-electron chi connectivity index (χ0n) is 10.8. The average Bonchev–Trinajstić information content (AvgIpc) is 2.34. The lowest BCUT2D eigenvalue weighted by Gasteiger charge is -2.24. The van der Waals surface area contributed by atoms with Gasteiger partial charge in [-0.15, -0.1) is 0 Å². The highest BCUT2D eigenvalue weighted by molar-refractivity contribution is 5.85. The topological polar surface area (TPSA) is 63.2 Å². The number of nitrogens with one attached hydrogen (secondary N) is 2. The van der Waals surface area contributed by atoms with Gasteiger partial charge in [-0.2, -0.15) is 0 Å². The molecule has 5 heteroatoms. The van der Waals surface area contributed by atoms with Crippen molar-refractivity contribution in [2.75, 3.05) is 11.9 Å². The molecule has 1 aliphatic rings. The molecule has 1 aromatic rings. The number of piperidine rings is 1. The Balaban J connectivity index is 2.10. The van der Waals surface area contributed by atoms with Gasteiger partial charge in [-0.3, -0.25) is 4.79 Å². The van der Waals surface area contributed by atoms with Gasteiger partial charge in [0.25, 0.3) is 0 Å². The molecule has 18 heavy (non-hydrogen) atoms. The number of hydrogen-bond acceptors (Lipinski definition) is 4. The smallest absolute Gasteiger partial charge is 0.242 e. The summed E-state index contributed by atoms with van der Waals surface area (Å²) < 4.78 is 5.67. The van der Waals surface area contributed by atoms with Crippen LogP contribution in [0, 0.1) is 0 Å². The van der Waals surface area contributed by atoms with E-state index in [4.69, 9.17) is 4.74 Å². The highest BCUT2D eigenvalue weighted by Crippen LogP contribution is 2.24. The van der Waals surface area contributed by atoms with Crippen molar-refractivity contribution in [3.8, 4) is 5.75 Å². The lowest BCUT2D eigenvalue weighted by molar-refractivity contribution is -0.123. The minimum absolute atomic E-state index is 0.0300. The van der Waals surface area contributed by atoms with Crippen molar-refractivity contribution in [3.63, 3.8) is 0 Å². The average molecular weight is 249 g/mol. The molecule has 1 amide bonds. The van der Waals surface area contributed by atoms with Crippen LogP contribution in [0.1, 0.15) is 26.7 Å². The molecule has 0 aliphatic carbocycles. The monoisotopic (exact) mass is 249 g/mol. The van der Waals surface area contributed by atoms with Crippen LogP contribution in [0.5, 0.6) is 5.75 Å². The molecule has 2 heterocycles. The molecule has 1 aromatic heterocycles. The fourth-order valence-corrected chi connectivity index (χ4v) is 1.92. The van der Waals surface area contributed by atoms with E-state index in [9.17, 15) is 4.79 Å². The first-order valence-electron chi connectivity index (χ1n) is 6.32. The maximum atomic E-state index is 11.7. The number of carbonyl (C=O) groups is 1. The molecule has 0 saturated carbocycles. The second-order valence-corrected chi connectivity index (χ2v) is 4.65. The lowest BCUT2D eigenvalue weighted by atomic mass is 10.1. The van der Waals surface area contributed by atoms with Gasteiger partial charge in [-0.25, -0.2) is 4.98 Å². The number of ether oxygens (including phenoxy) is 1. The summed E-state index contributed by atoms with van der Waals surface area (Å²) in [6.45, 7) is 4.68. The predicted molar refractivity (Wildman–Crippen MR) is 69.7 cm³/mol. The highest BCUT2D eigenvalue weighted by atomic mass is 16.5. The van der Waals surface area contributed by atoms with Crippen LogP contribution in [0.2, 0.25) is 0 Å². The Bertz CT molecular complexity index is 420. The Morgan fingerprint density at radius 1 is 1.56 bits per heavy atom. The van der Waals surface area contributed by atoms with Crippen molar-refractivity contribution in [3.05, 3.63) is 18.3 Å². The predicted octanol–water partition coefficient (Wildman–Crippen LogP) is 1.56. The first kappa shape index (κ1) is 12.7. The maximum Gasteiger partial charge on any atom is 0.242 e. The van der Waals surface area contributed by atoms with Crippen molar-refractivity contribution >= 4 is 11.7 Å². The van der Waals surface area contributed by atoms with Gasteiger partial charge >= 0.3 is 0 Å². The van der Waals surface area contributed by atoms with Gasteiger partial charge in [0.05, 0.1) is 6.10 Å². The molecule has 0 aromatic carbocycles. The summed E-state index contributed by atoms with van der Waals surface area (Å²) in [6.07, 6.45) is 3.58. The van der Waals surface area contributed by atoms with Gasteiger partial charge in [0.15, 0.2) is 11.6 Å². The molecule has 1 aliphatic heterocycles. The van der Waals surface area contributed by atoms with Gasteiger partial charge in [0.2, 0.25) is 5.91 Å². The zero-order chi connectivity index (χ0) is 13.0. The minimum atomic E-state index is -0.219. The third kappa shape index (κ3) is 3.12. The fraction of sp³-hybridized carbons (Fsp3) is 0.538. The molecule has 2 rings (SSSR count). The fourth-order valence-electron chi connectivity index (χ4n) is 1.92. The SMILES string of the molecule is CC(C)Oc1cccnc1NC1CCCNC1=O. The number of pyridine rings is 1. The van der Waals surface area contributed by atoms with Gasteiger partial charge in [-0.05, 0) is 38.8 Å². The van der Waals surface area contributed by atoms with E-state index in [0.29, 0.717) is 11.6 Å². The first-order chi connectivity index (χ1) is 8.66. The molecular formula is C13H19N3O2. The van der Waals surface area contributed by atoms with Crippen molar-refractivity contribution in [1.29, 1.82) is 0 Å². The number of anilines is 1. The molecule has 0 radical (unpaired) electrons. The van der Waals surface area contributed by atoms with E-state index in [0.717, 1.165) is 19.4 Å². The van der Waals surface area contributed by atoms with E-state index in [1.807, 2.05) is 26.0 Å². The van der Waals surface area contributed by atoms with E-state index in [2.05, 4.69) is 15.6 Å². The lowest BCUT2D eigenvalue weighted by Crippen LogP contribution is -2.44. The Hall–Kier alpha value is -1.78. The van der Waals surface area contributed by atoms with Crippen molar-refractivity contribution in [2.24, 2.45) is 0 Å². The zero-order valence-corrected chi connectivity index (χ0v) is 10.8. The highest BCUT2D eigenvalue weighted by Gasteiger charge is 2.23. The number of amides is 1. The Morgan fingerprint density at radius 3 is 3.11 bits per heavy atom. The Morgan fingerprint density at radius 2 is 2.39 bits per heavy atom. The van der Waals surface area contributed by atoms with Crippen molar-refractivity contribution in [1.82, 2.24) is 10.3 Å². The van der Waals surface area contributed by atoms with E-state index < -0.39 is 0 Å². The molecular weight excluding hydrogens is 230 g/mol. The standard InChI is InChI=1S/C13H19N3O2/c1-9(2)18-11-6-4-7-14-12(11)16-10-5-3-8-15-13(10)17/h4,6-7,9-10H,3,5,8H2,1-2H3,(H,14,16)(H,15,17). The van der Waals surface area contributed by atoms with Crippen LogP contribution in [-0.2, 0) is 4.79 Å². The van der Waals surface area contributed by atoms with Crippen molar-refractivity contribution < 1.29 is 9.53 Å². The van der Waals surface area contributed by atoms with Crippen LogP contribution >= 0.6 is 0 Å². The summed E-state index contributed by atoms with van der Waals surface area (Å²) >= 11 is 0. The summed E-state index contributed by atoms with van der Waals surface area (Å²) in [4.78, 5) is 15.9. The largest absolute Gasteiger partial charge is 0.487 e. The Labute approximate surface area is 107 Å². The van der Waals surface area contributed by atoms with Gasteiger partial charge in [0, 0.05) is 12.7 Å². The number of aromatic nitrogens is 1. The van der Waals surface area contributed by atoms with Gasteiger partial charge in [-0.1, -0.05) is 0 Å².